The predicted octanol–water partition coefficient (Wildman–Crippen LogP) is 26.5. The van der Waals surface area contributed by atoms with Crippen molar-refractivity contribution in [3.8, 4) is 11.1 Å². The lowest BCUT2D eigenvalue weighted by Crippen LogP contribution is -2.03. The van der Waals surface area contributed by atoms with E-state index in [9.17, 15) is 0 Å². The van der Waals surface area contributed by atoms with E-state index in [2.05, 4.69) is 201 Å². The molecular formula is C98H64N2. The number of benzene rings is 26. The maximum Gasteiger partial charge on any atom is -0.0000469 e. The third kappa shape index (κ3) is 5.67. The van der Waals surface area contributed by atoms with E-state index in [-0.39, 0.29) is 0 Å². The van der Waals surface area contributed by atoms with Gasteiger partial charge in [0.05, 0.1) is 0 Å². The predicted molar refractivity (Wildman–Crippen MR) is 439 cm³/mol. The van der Waals surface area contributed by atoms with Gasteiger partial charge in [-0.1, -0.05) is 121 Å². The van der Waals surface area contributed by atoms with Gasteiger partial charge in [-0.3, -0.25) is 0 Å². The van der Waals surface area contributed by atoms with Crippen molar-refractivity contribution in [3.05, 3.63) is 201 Å². The highest BCUT2D eigenvalue weighted by atomic mass is 14.5. The summed E-state index contributed by atoms with van der Waals surface area (Å²) in [4.78, 5) is 0. The molecule has 0 saturated carbocycles. The minimum Gasteiger partial charge on any atom is -0.330 e. The zero-order chi connectivity index (χ0) is 65.9. The van der Waals surface area contributed by atoms with Crippen LogP contribution in [0.1, 0.15) is 68.5 Å². The minimum atomic E-state index is 0.674. The number of nitrogens with two attached hydrogens (primary N) is 2. The van der Waals surface area contributed by atoms with Gasteiger partial charge in [0.25, 0.3) is 0 Å². The van der Waals surface area contributed by atoms with E-state index in [1.807, 2.05) is 0 Å². The molecule has 0 bridgehead atoms. The summed E-state index contributed by atoms with van der Waals surface area (Å²) in [5, 5.41) is 67.1. The molecule has 0 heterocycles. The standard InChI is InChI=1S/C98H64N2/c1-39-15-51-55-19-43(5)27-63-71-35-49(36-72-64-28-44(6)20-56-52-16-40(2)24-60-68-32-47(11-9-13-99)31-67-59(23-39)75(51)87-91(79(55)63)97(85(71)72)92(80(56)64)88(76(52)60)95(87)83(67)68)50-37-73-65-29-45(7)21-57-53-17-41(3)25-61-69-33-48(12-10-14-100)34-70-62-26-42(4)18-54-58-22-46(8)30-66-74(38-50)86(73)98-93(81(57)65)89(77(53)61)96(84(69)70)90(78(54)62)94(98)82(58)66/h15-38H,9-14,99-100H2,1-8H3. The molecule has 4 N–H and O–H groups in total. The van der Waals surface area contributed by atoms with E-state index in [4.69, 9.17) is 11.5 Å². The van der Waals surface area contributed by atoms with Crippen molar-refractivity contribution in [1.29, 1.82) is 0 Å². The Balaban J connectivity index is 0.893. The molecule has 0 unspecified atom stereocenters. The molecule has 0 radical (unpaired) electrons. The van der Waals surface area contributed by atoms with Gasteiger partial charge in [-0.15, -0.1) is 0 Å². The van der Waals surface area contributed by atoms with Crippen molar-refractivity contribution in [2.75, 3.05) is 13.1 Å². The Morgan fingerprint density at radius 2 is 0.280 bits per heavy atom. The van der Waals surface area contributed by atoms with Crippen LogP contribution in [0.15, 0.2) is 146 Å². The number of rotatable bonds is 7. The first-order valence-corrected chi connectivity index (χ1v) is 36.6. The van der Waals surface area contributed by atoms with E-state index in [0.29, 0.717) is 13.1 Å². The zero-order valence-electron chi connectivity index (χ0n) is 57.3. The lowest BCUT2D eigenvalue weighted by molar-refractivity contribution is 0.834. The van der Waals surface area contributed by atoms with Crippen LogP contribution in [-0.2, 0) is 12.8 Å². The summed E-state index contributed by atoms with van der Waals surface area (Å²) >= 11 is 0. The monoisotopic (exact) mass is 1270 g/mol. The van der Waals surface area contributed by atoms with Crippen molar-refractivity contribution in [1.82, 2.24) is 0 Å². The van der Waals surface area contributed by atoms with Crippen LogP contribution in [0.2, 0.25) is 0 Å². The Bertz CT molecular complexity index is 7340. The molecule has 0 aliphatic rings. The molecule has 0 saturated heterocycles. The summed E-state index contributed by atoms with van der Waals surface area (Å²) in [5.41, 5.74) is 28.3. The van der Waals surface area contributed by atoms with Crippen LogP contribution in [-0.4, -0.2) is 13.1 Å². The lowest BCUT2D eigenvalue weighted by atomic mass is 9.72. The molecule has 26 aromatic carbocycles. The van der Waals surface area contributed by atoms with Crippen LogP contribution in [0.4, 0.5) is 0 Å². The van der Waals surface area contributed by atoms with Gasteiger partial charge in [0.15, 0.2) is 0 Å². The molecule has 0 aromatic heterocycles. The summed E-state index contributed by atoms with van der Waals surface area (Å²) < 4.78 is 0. The highest BCUT2D eigenvalue weighted by Crippen LogP contribution is 2.65. The van der Waals surface area contributed by atoms with Crippen molar-refractivity contribution in [2.24, 2.45) is 11.5 Å². The molecule has 26 rings (SSSR count). The fourth-order valence-electron chi connectivity index (χ4n) is 23.0. The van der Waals surface area contributed by atoms with E-state index >= 15 is 0 Å². The van der Waals surface area contributed by atoms with Gasteiger partial charge in [-0.25, -0.2) is 0 Å². The van der Waals surface area contributed by atoms with Crippen LogP contribution in [0, 0.1) is 55.4 Å². The fourth-order valence-corrected chi connectivity index (χ4v) is 23.0. The number of fused-ring (bicyclic) bond motifs is 12. The van der Waals surface area contributed by atoms with Gasteiger partial charge >= 0.3 is 0 Å². The second-order valence-corrected chi connectivity index (χ2v) is 32.2. The molecule has 26 aromatic rings. The second-order valence-electron chi connectivity index (χ2n) is 32.2. The molecule has 0 spiro atoms. The summed E-state index contributed by atoms with van der Waals surface area (Å²) in [5.74, 6) is 0. The third-order valence-corrected chi connectivity index (χ3v) is 26.1. The van der Waals surface area contributed by atoms with E-state index in [1.54, 1.807) is 0 Å². The van der Waals surface area contributed by atoms with Crippen molar-refractivity contribution in [2.45, 2.75) is 81.1 Å². The Labute approximate surface area is 572 Å². The first kappa shape index (κ1) is 53.0. The maximum absolute atomic E-state index is 6.33. The van der Waals surface area contributed by atoms with E-state index < -0.39 is 0 Å². The Hall–Kier alpha value is -11.0. The molecule has 0 aliphatic carbocycles. The van der Waals surface area contributed by atoms with Gasteiger partial charge in [0, 0.05) is 0 Å². The maximum atomic E-state index is 6.33. The van der Waals surface area contributed by atoms with Crippen molar-refractivity contribution < 1.29 is 0 Å². The summed E-state index contributed by atoms with van der Waals surface area (Å²) in [6.45, 7) is 20.1. The Morgan fingerprint density at radius 3 is 0.410 bits per heavy atom. The lowest BCUT2D eigenvalue weighted by Gasteiger charge is -2.30. The molecule has 2 nitrogen and oxygen atoms in total. The second kappa shape index (κ2) is 16.8. The van der Waals surface area contributed by atoms with Gasteiger partial charge in [0.1, 0.15) is 0 Å². The van der Waals surface area contributed by atoms with Crippen LogP contribution in [0.3, 0.4) is 0 Å². The molecular weight excluding hydrogens is 1210 g/mol. The Kier molecular flexibility index (Phi) is 8.92. The molecule has 0 aliphatic heterocycles. The number of hydrogen-bond donors (Lipinski definition) is 2. The topological polar surface area (TPSA) is 52.0 Å². The van der Waals surface area contributed by atoms with Crippen molar-refractivity contribution in [3.63, 3.8) is 0 Å². The van der Waals surface area contributed by atoms with Crippen LogP contribution in [0.5, 0.6) is 0 Å². The molecule has 0 fully saturated rings. The van der Waals surface area contributed by atoms with Gasteiger partial charge in [-0.05, 0) is 444 Å². The van der Waals surface area contributed by atoms with E-state index in [0.717, 1.165) is 25.7 Å². The quantitative estimate of drug-likeness (QED) is 0.123. The molecule has 100 heavy (non-hydrogen) atoms. The Morgan fingerprint density at radius 1 is 0.160 bits per heavy atom. The van der Waals surface area contributed by atoms with Crippen LogP contribution in [0.25, 0.3) is 270 Å². The highest BCUT2D eigenvalue weighted by Gasteiger charge is 2.36. The molecule has 466 valence electrons. The van der Waals surface area contributed by atoms with Crippen molar-refractivity contribution >= 4 is 259 Å². The first-order valence-electron chi connectivity index (χ1n) is 36.6. The minimum absolute atomic E-state index is 0.674. The van der Waals surface area contributed by atoms with Crippen LogP contribution < -0.4 is 11.5 Å². The molecule has 2 heteroatoms. The van der Waals surface area contributed by atoms with Gasteiger partial charge in [-0.2, -0.15) is 0 Å². The summed E-state index contributed by atoms with van der Waals surface area (Å²) in [6.07, 6.45) is 3.82. The van der Waals surface area contributed by atoms with E-state index in [1.165, 1.54) is 325 Å². The average Bonchev–Trinajstić information content (AvgIpc) is 0.648. The number of aryl methyl sites for hydroxylation is 10. The average molecular weight is 1270 g/mol. The normalized spacial score (nSPS) is 13.7. The smallest absolute Gasteiger partial charge is 0.0000469 e. The molecule has 0 amide bonds. The van der Waals surface area contributed by atoms with Gasteiger partial charge in [0.2, 0.25) is 0 Å². The SMILES string of the molecule is Cc1cc2c3cc(C)cc4c5cc(-c6cc7c8cc(C)cc9c%10cc(C)cc%11c%12cc(CCCN)cc%13c%14cc(C)cc%15c%16cc(C)cc%17c(c6)c7c6c(c98)c(c%10%11)c(c%12%13)c(c%15%14)c6c%16%17)cc6c7cc(C)cc8c9cc(C)cc%10c%11cc(CCCN)cc%12c(c1)c2c1c(c34)c(c56)c(c87)c(c9%10)c1c%12%11. The highest BCUT2D eigenvalue weighted by molar-refractivity contribution is 6.64. The zero-order valence-corrected chi connectivity index (χ0v) is 57.3. The first-order chi connectivity index (χ1) is 48.8. The van der Waals surface area contributed by atoms with Crippen LogP contribution >= 0.6 is 0 Å². The summed E-state index contributed by atoms with van der Waals surface area (Å²) in [6, 6.07) is 61.6. The third-order valence-electron chi connectivity index (χ3n) is 26.1. The fraction of sp³-hybridized carbons (Fsp3) is 0.143. The summed E-state index contributed by atoms with van der Waals surface area (Å²) in [7, 11) is 0. The van der Waals surface area contributed by atoms with Gasteiger partial charge < -0.3 is 11.5 Å². The number of hydrogen-bond acceptors (Lipinski definition) is 2. The molecule has 0 atom stereocenters. The largest absolute Gasteiger partial charge is 0.330 e.